The number of amides is 1. The first-order valence-electron chi connectivity index (χ1n) is 7.86. The van der Waals surface area contributed by atoms with Crippen LogP contribution in [-0.2, 0) is 11.5 Å². The summed E-state index contributed by atoms with van der Waals surface area (Å²) in [5.41, 5.74) is 5.47. The topological polar surface area (TPSA) is 60.1 Å². The Labute approximate surface area is 157 Å². The zero-order valence-electron chi connectivity index (χ0n) is 13.8. The van der Waals surface area contributed by atoms with Crippen LogP contribution in [0.3, 0.4) is 0 Å². The van der Waals surface area contributed by atoms with Crippen molar-refractivity contribution in [3.63, 3.8) is 0 Å². The Morgan fingerprint density at radius 1 is 1.24 bits per heavy atom. The average molecular weight is 418 g/mol. The highest BCUT2D eigenvalue weighted by atomic mass is 79.9. The minimum atomic E-state index is -0.282. The van der Waals surface area contributed by atoms with Crippen molar-refractivity contribution < 1.29 is 9.21 Å². The maximum atomic E-state index is 12.6. The van der Waals surface area contributed by atoms with Gasteiger partial charge in [0.15, 0.2) is 10.4 Å². The van der Waals surface area contributed by atoms with Crippen LogP contribution in [0, 0.1) is 13.8 Å². The average Bonchev–Trinajstić information content (AvgIpc) is 3.27. The van der Waals surface area contributed by atoms with Gasteiger partial charge in [0.05, 0.1) is 11.4 Å². The van der Waals surface area contributed by atoms with E-state index in [-0.39, 0.29) is 11.7 Å². The molecule has 0 spiro atoms. The van der Waals surface area contributed by atoms with E-state index >= 15 is 0 Å². The molecule has 0 fully saturated rings. The van der Waals surface area contributed by atoms with Crippen LogP contribution in [0.1, 0.15) is 32.9 Å². The standard InChI is InChI=1S/C18H16BrN3O2S/c1-10-3-4-12(7-11(10)2)22-17(13-8-25-9-14(13)21-22)20-18(23)15-5-6-16(19)24-15/h3-7H,8-9H2,1-2H3,(H,20,23). The zero-order chi connectivity index (χ0) is 17.6. The largest absolute Gasteiger partial charge is 0.444 e. The molecule has 4 rings (SSSR count). The van der Waals surface area contributed by atoms with E-state index in [9.17, 15) is 4.79 Å². The minimum Gasteiger partial charge on any atom is -0.444 e. The number of aryl methyl sites for hydroxylation is 2. The lowest BCUT2D eigenvalue weighted by molar-refractivity contribution is 0.0994. The molecule has 1 amide bonds. The first-order valence-corrected chi connectivity index (χ1v) is 9.80. The molecule has 7 heteroatoms. The third-order valence-electron chi connectivity index (χ3n) is 4.32. The second kappa shape index (κ2) is 6.38. The lowest BCUT2D eigenvalue weighted by Gasteiger charge is -2.11. The fourth-order valence-corrected chi connectivity index (χ4v) is 4.13. The van der Waals surface area contributed by atoms with Gasteiger partial charge in [0.25, 0.3) is 5.91 Å². The number of nitrogens with one attached hydrogen (secondary N) is 1. The number of hydrogen-bond donors (Lipinski definition) is 1. The van der Waals surface area contributed by atoms with E-state index in [2.05, 4.69) is 47.2 Å². The van der Waals surface area contributed by atoms with Gasteiger partial charge in [-0.2, -0.15) is 16.9 Å². The van der Waals surface area contributed by atoms with Gasteiger partial charge < -0.3 is 9.73 Å². The predicted molar refractivity (Wildman–Crippen MR) is 102 cm³/mol. The van der Waals surface area contributed by atoms with Crippen LogP contribution in [0.5, 0.6) is 0 Å². The molecule has 0 saturated heterocycles. The lowest BCUT2D eigenvalue weighted by Crippen LogP contribution is -2.15. The molecule has 0 radical (unpaired) electrons. The third kappa shape index (κ3) is 3.02. The monoisotopic (exact) mass is 417 g/mol. The predicted octanol–water partition coefficient (Wildman–Crippen LogP) is 4.84. The molecule has 5 nitrogen and oxygen atoms in total. The highest BCUT2D eigenvalue weighted by Crippen LogP contribution is 2.36. The first kappa shape index (κ1) is 16.5. The van der Waals surface area contributed by atoms with Crippen molar-refractivity contribution >= 4 is 39.4 Å². The van der Waals surface area contributed by atoms with Gasteiger partial charge in [-0.25, -0.2) is 4.68 Å². The molecule has 128 valence electrons. The fraction of sp³-hybridized carbons (Fsp3) is 0.222. The number of carbonyl (C=O) groups excluding carboxylic acids is 1. The number of furan rings is 1. The van der Waals surface area contributed by atoms with Gasteiger partial charge in [-0.05, 0) is 65.2 Å². The first-order chi connectivity index (χ1) is 12.0. The van der Waals surface area contributed by atoms with Crippen LogP contribution in [0.2, 0.25) is 0 Å². The molecule has 0 unspecified atom stereocenters. The number of aromatic nitrogens is 2. The third-order valence-corrected chi connectivity index (χ3v) is 5.71. The van der Waals surface area contributed by atoms with Crippen molar-refractivity contribution in [2.45, 2.75) is 25.4 Å². The molecule has 1 aliphatic rings. The van der Waals surface area contributed by atoms with Gasteiger partial charge in [0.1, 0.15) is 5.82 Å². The van der Waals surface area contributed by atoms with E-state index < -0.39 is 0 Å². The number of hydrogen-bond acceptors (Lipinski definition) is 4. The smallest absolute Gasteiger partial charge is 0.292 e. The quantitative estimate of drug-likeness (QED) is 0.661. The van der Waals surface area contributed by atoms with Crippen LogP contribution in [0.25, 0.3) is 5.69 Å². The second-order valence-electron chi connectivity index (χ2n) is 6.00. The molecule has 0 saturated carbocycles. The Morgan fingerprint density at radius 2 is 2.08 bits per heavy atom. The SMILES string of the molecule is Cc1ccc(-n2nc3c(c2NC(=O)c2ccc(Br)o2)CSC3)cc1C. The van der Waals surface area contributed by atoms with Crippen molar-refractivity contribution in [3.05, 3.63) is 63.1 Å². The summed E-state index contributed by atoms with van der Waals surface area (Å²) in [7, 11) is 0. The fourth-order valence-electron chi connectivity index (χ4n) is 2.79. The molecule has 1 aliphatic heterocycles. The number of benzene rings is 1. The number of carbonyl (C=O) groups is 1. The lowest BCUT2D eigenvalue weighted by atomic mass is 10.1. The van der Waals surface area contributed by atoms with Crippen molar-refractivity contribution in [2.75, 3.05) is 5.32 Å². The van der Waals surface area contributed by atoms with Gasteiger partial charge in [-0.3, -0.25) is 4.79 Å². The van der Waals surface area contributed by atoms with Gasteiger partial charge in [0.2, 0.25) is 0 Å². The summed E-state index contributed by atoms with van der Waals surface area (Å²) < 4.78 is 7.72. The summed E-state index contributed by atoms with van der Waals surface area (Å²) in [6, 6.07) is 9.53. The highest BCUT2D eigenvalue weighted by Gasteiger charge is 2.25. The van der Waals surface area contributed by atoms with E-state index in [1.807, 2.05) is 10.7 Å². The Morgan fingerprint density at radius 3 is 2.80 bits per heavy atom. The number of thioether (sulfide) groups is 1. The number of fused-ring (bicyclic) bond motifs is 1. The number of anilines is 1. The highest BCUT2D eigenvalue weighted by molar-refractivity contribution is 9.10. The van der Waals surface area contributed by atoms with Crippen molar-refractivity contribution in [3.8, 4) is 5.69 Å². The molecule has 1 aromatic carbocycles. The Bertz CT molecular complexity index is 977. The molecule has 2 aromatic heterocycles. The number of nitrogens with zero attached hydrogens (tertiary/aromatic N) is 2. The summed E-state index contributed by atoms with van der Waals surface area (Å²) >= 11 is 5.03. The molecule has 3 aromatic rings. The molecular formula is C18H16BrN3O2S. The van der Waals surface area contributed by atoms with Crippen LogP contribution in [0.15, 0.2) is 39.4 Å². The van der Waals surface area contributed by atoms with Gasteiger partial charge in [0, 0.05) is 17.1 Å². The summed E-state index contributed by atoms with van der Waals surface area (Å²) in [5, 5.41) is 7.71. The van der Waals surface area contributed by atoms with Crippen LogP contribution < -0.4 is 5.32 Å². The summed E-state index contributed by atoms with van der Waals surface area (Å²) in [6.07, 6.45) is 0. The van der Waals surface area contributed by atoms with Crippen LogP contribution >= 0.6 is 27.7 Å². The second-order valence-corrected chi connectivity index (χ2v) is 7.77. The molecule has 0 aliphatic carbocycles. The van der Waals surface area contributed by atoms with E-state index in [0.717, 1.165) is 34.3 Å². The van der Waals surface area contributed by atoms with E-state index in [1.54, 1.807) is 23.9 Å². The van der Waals surface area contributed by atoms with Crippen molar-refractivity contribution in [1.82, 2.24) is 9.78 Å². The molecular weight excluding hydrogens is 402 g/mol. The van der Waals surface area contributed by atoms with Crippen LogP contribution in [0.4, 0.5) is 5.82 Å². The number of halogens is 1. The summed E-state index contributed by atoms with van der Waals surface area (Å²) in [6.45, 7) is 4.15. The van der Waals surface area contributed by atoms with E-state index in [0.29, 0.717) is 4.67 Å². The van der Waals surface area contributed by atoms with E-state index in [1.165, 1.54) is 11.1 Å². The van der Waals surface area contributed by atoms with Crippen molar-refractivity contribution in [2.24, 2.45) is 0 Å². The maximum absolute atomic E-state index is 12.6. The molecule has 3 heterocycles. The van der Waals surface area contributed by atoms with Gasteiger partial charge in [-0.15, -0.1) is 0 Å². The summed E-state index contributed by atoms with van der Waals surface area (Å²) in [4.78, 5) is 12.6. The zero-order valence-corrected chi connectivity index (χ0v) is 16.2. The van der Waals surface area contributed by atoms with Crippen molar-refractivity contribution in [1.29, 1.82) is 0 Å². The summed E-state index contributed by atoms with van der Waals surface area (Å²) in [5.74, 6) is 2.41. The Balaban J connectivity index is 1.75. The molecule has 25 heavy (non-hydrogen) atoms. The molecule has 1 N–H and O–H groups in total. The van der Waals surface area contributed by atoms with E-state index in [4.69, 9.17) is 9.52 Å². The molecule has 0 atom stereocenters. The van der Waals surface area contributed by atoms with Gasteiger partial charge >= 0.3 is 0 Å². The molecule has 0 bridgehead atoms. The Kier molecular flexibility index (Phi) is 4.21. The number of rotatable bonds is 3. The van der Waals surface area contributed by atoms with Gasteiger partial charge in [-0.1, -0.05) is 6.07 Å². The van der Waals surface area contributed by atoms with Crippen LogP contribution in [-0.4, -0.2) is 15.7 Å². The maximum Gasteiger partial charge on any atom is 0.292 e. The Hall–Kier alpha value is -1.99. The minimum absolute atomic E-state index is 0.263. The normalized spacial score (nSPS) is 13.1.